The minimum Gasteiger partial charge on any atom is -0.478 e. The lowest BCUT2D eigenvalue weighted by Gasteiger charge is -2.14. The van der Waals surface area contributed by atoms with Crippen LogP contribution in [0.4, 0.5) is 0 Å². The molecule has 0 radical (unpaired) electrons. The number of aromatic nitrogens is 6. The van der Waals surface area contributed by atoms with E-state index in [0.717, 1.165) is 47.3 Å². The fraction of sp³-hybridized carbons (Fsp3) is 0.292. The summed E-state index contributed by atoms with van der Waals surface area (Å²) in [5, 5.41) is 14.4. The van der Waals surface area contributed by atoms with E-state index in [1.165, 1.54) is 6.07 Å². The van der Waals surface area contributed by atoms with Gasteiger partial charge in [0.05, 0.1) is 19.2 Å². The molecule has 8 nitrogen and oxygen atoms in total. The number of tetrazole rings is 1. The van der Waals surface area contributed by atoms with E-state index in [0.29, 0.717) is 24.9 Å². The highest BCUT2D eigenvalue weighted by Gasteiger charge is 2.12. The molecule has 4 rings (SSSR count). The summed E-state index contributed by atoms with van der Waals surface area (Å²) < 4.78 is 7.21. The lowest BCUT2D eigenvalue weighted by atomic mass is 9.98. The number of nitrogens with zero attached hydrogens (tertiary/aromatic N) is 5. The van der Waals surface area contributed by atoms with Crippen molar-refractivity contribution < 1.29 is 4.74 Å². The van der Waals surface area contributed by atoms with Crippen LogP contribution in [0, 0.1) is 0 Å². The number of benzene rings is 2. The largest absolute Gasteiger partial charge is 0.478 e. The fourth-order valence-corrected chi connectivity index (χ4v) is 3.63. The molecule has 0 saturated heterocycles. The summed E-state index contributed by atoms with van der Waals surface area (Å²) in [5.41, 5.74) is 3.89. The number of hydrogen-bond donors (Lipinski definition) is 1. The molecule has 0 atom stereocenters. The monoisotopic (exact) mass is 430 g/mol. The van der Waals surface area contributed by atoms with Gasteiger partial charge in [-0.25, -0.2) is 0 Å². The molecule has 0 fully saturated rings. The Hall–Kier alpha value is -3.81. The molecule has 32 heavy (non-hydrogen) atoms. The van der Waals surface area contributed by atoms with Crippen LogP contribution in [0.25, 0.3) is 22.5 Å². The third-order valence-corrected chi connectivity index (χ3v) is 5.23. The van der Waals surface area contributed by atoms with Crippen molar-refractivity contribution in [2.45, 2.75) is 39.7 Å². The van der Waals surface area contributed by atoms with Crippen molar-refractivity contribution in [3.63, 3.8) is 0 Å². The van der Waals surface area contributed by atoms with Crippen molar-refractivity contribution in [1.82, 2.24) is 30.2 Å². The van der Waals surface area contributed by atoms with Crippen LogP contribution in [-0.2, 0) is 13.0 Å². The van der Waals surface area contributed by atoms with Crippen molar-refractivity contribution >= 4 is 0 Å². The van der Waals surface area contributed by atoms with Gasteiger partial charge in [-0.2, -0.15) is 10.2 Å². The van der Waals surface area contributed by atoms with Crippen LogP contribution in [0.5, 0.6) is 5.88 Å². The lowest BCUT2D eigenvalue weighted by molar-refractivity contribution is 0.322. The molecule has 0 amide bonds. The summed E-state index contributed by atoms with van der Waals surface area (Å²) in [5.74, 6) is 1.71. The van der Waals surface area contributed by atoms with E-state index < -0.39 is 0 Å². The van der Waals surface area contributed by atoms with E-state index in [9.17, 15) is 4.79 Å². The van der Waals surface area contributed by atoms with Crippen LogP contribution in [0.2, 0.25) is 0 Å². The minimum absolute atomic E-state index is 0.0962. The number of rotatable bonds is 9. The zero-order valence-electron chi connectivity index (χ0n) is 18.3. The number of aromatic amines is 1. The number of unbranched alkanes of at least 4 members (excludes halogenated alkanes) is 1. The number of ether oxygens (including phenoxy) is 1. The van der Waals surface area contributed by atoms with E-state index in [2.05, 4.69) is 32.5 Å². The van der Waals surface area contributed by atoms with Gasteiger partial charge in [-0.3, -0.25) is 9.36 Å². The fourth-order valence-electron chi connectivity index (χ4n) is 3.63. The molecule has 0 saturated carbocycles. The predicted molar refractivity (Wildman–Crippen MR) is 122 cm³/mol. The van der Waals surface area contributed by atoms with Gasteiger partial charge in [0, 0.05) is 12.0 Å². The van der Waals surface area contributed by atoms with Crippen LogP contribution >= 0.6 is 0 Å². The molecule has 1 N–H and O–H groups in total. The highest BCUT2D eigenvalue weighted by molar-refractivity contribution is 5.80. The molecule has 0 aliphatic rings. The molecule has 0 unspecified atom stereocenters. The van der Waals surface area contributed by atoms with Gasteiger partial charge in [0.2, 0.25) is 11.7 Å². The van der Waals surface area contributed by atoms with E-state index in [1.54, 1.807) is 4.57 Å². The third kappa shape index (κ3) is 4.74. The second-order valence-electron chi connectivity index (χ2n) is 7.45. The summed E-state index contributed by atoms with van der Waals surface area (Å²) in [4.78, 5) is 17.4. The Labute approximate surface area is 186 Å². The number of hydrogen-bond acceptors (Lipinski definition) is 6. The summed E-state index contributed by atoms with van der Waals surface area (Å²) in [6, 6.07) is 17.6. The standard InChI is InChI=1S/C24H26N6O2/c1-3-5-10-21-25-22(32-4-2)15-23(31)30(21)16-17-11-13-18(14-12-17)19-8-6-7-9-20(19)24-26-28-29-27-24/h6-9,11-15H,3-5,10,16H2,1-2H3,(H,26,27,28,29). The first-order valence-electron chi connectivity index (χ1n) is 10.8. The molecule has 164 valence electrons. The zero-order valence-corrected chi connectivity index (χ0v) is 18.3. The van der Waals surface area contributed by atoms with E-state index in [1.807, 2.05) is 55.5 Å². The Kier molecular flexibility index (Phi) is 6.69. The topological polar surface area (TPSA) is 98.6 Å². The maximum atomic E-state index is 12.8. The summed E-state index contributed by atoms with van der Waals surface area (Å²) in [6.45, 7) is 4.96. The Balaban J connectivity index is 1.62. The molecule has 0 aliphatic carbocycles. The molecule has 0 spiro atoms. The lowest BCUT2D eigenvalue weighted by Crippen LogP contribution is -2.25. The second kappa shape index (κ2) is 10.00. The number of H-pyrrole nitrogens is 1. The molecule has 4 aromatic rings. The quantitative estimate of drug-likeness (QED) is 0.433. The van der Waals surface area contributed by atoms with Gasteiger partial charge < -0.3 is 4.74 Å². The Morgan fingerprint density at radius 2 is 1.81 bits per heavy atom. The number of nitrogens with one attached hydrogen (secondary N) is 1. The van der Waals surface area contributed by atoms with E-state index in [4.69, 9.17) is 4.74 Å². The summed E-state index contributed by atoms with van der Waals surface area (Å²) in [7, 11) is 0. The maximum absolute atomic E-state index is 12.8. The Morgan fingerprint density at radius 3 is 2.50 bits per heavy atom. The van der Waals surface area contributed by atoms with Gasteiger partial charge in [-0.05, 0) is 35.2 Å². The summed E-state index contributed by atoms with van der Waals surface area (Å²) in [6.07, 6.45) is 2.74. The van der Waals surface area contributed by atoms with Gasteiger partial charge in [-0.15, -0.1) is 10.2 Å². The molecule has 2 aromatic carbocycles. The molecule has 0 aliphatic heterocycles. The molecular weight excluding hydrogens is 404 g/mol. The zero-order chi connectivity index (χ0) is 22.3. The molecule has 8 heteroatoms. The van der Waals surface area contributed by atoms with Gasteiger partial charge >= 0.3 is 0 Å². The first kappa shape index (κ1) is 21.4. The molecule has 0 bridgehead atoms. The molecule has 2 heterocycles. The van der Waals surface area contributed by atoms with Crippen LogP contribution < -0.4 is 10.3 Å². The van der Waals surface area contributed by atoms with Gasteiger partial charge in [0.15, 0.2) is 0 Å². The molecular formula is C24H26N6O2. The van der Waals surface area contributed by atoms with Gasteiger partial charge in [0.1, 0.15) is 5.82 Å². The first-order valence-corrected chi connectivity index (χ1v) is 10.8. The van der Waals surface area contributed by atoms with E-state index >= 15 is 0 Å². The normalized spacial score (nSPS) is 10.9. The van der Waals surface area contributed by atoms with Crippen LogP contribution in [0.1, 0.15) is 38.1 Å². The smallest absolute Gasteiger partial charge is 0.257 e. The van der Waals surface area contributed by atoms with Gasteiger partial charge in [0.25, 0.3) is 5.56 Å². The second-order valence-corrected chi connectivity index (χ2v) is 7.45. The van der Waals surface area contributed by atoms with Crippen LogP contribution in [0.15, 0.2) is 59.4 Å². The average molecular weight is 431 g/mol. The Bertz CT molecular complexity index is 1220. The van der Waals surface area contributed by atoms with Crippen molar-refractivity contribution in [2.75, 3.05) is 6.61 Å². The maximum Gasteiger partial charge on any atom is 0.257 e. The minimum atomic E-state index is -0.0962. The van der Waals surface area contributed by atoms with Gasteiger partial charge in [-0.1, -0.05) is 61.9 Å². The summed E-state index contributed by atoms with van der Waals surface area (Å²) >= 11 is 0. The van der Waals surface area contributed by atoms with Crippen molar-refractivity contribution in [3.8, 4) is 28.4 Å². The number of aryl methyl sites for hydroxylation is 1. The highest BCUT2D eigenvalue weighted by atomic mass is 16.5. The first-order chi connectivity index (χ1) is 15.7. The van der Waals surface area contributed by atoms with Crippen LogP contribution in [0.3, 0.4) is 0 Å². The van der Waals surface area contributed by atoms with Crippen molar-refractivity contribution in [1.29, 1.82) is 0 Å². The SMILES string of the molecule is CCCCc1nc(OCC)cc(=O)n1Cc1ccc(-c2ccccc2-c2nn[nH]n2)cc1. The predicted octanol–water partition coefficient (Wildman–Crippen LogP) is 3.88. The molecule has 2 aromatic heterocycles. The van der Waals surface area contributed by atoms with E-state index in [-0.39, 0.29) is 5.56 Å². The highest BCUT2D eigenvalue weighted by Crippen LogP contribution is 2.29. The van der Waals surface area contributed by atoms with Crippen LogP contribution in [-0.4, -0.2) is 36.8 Å². The average Bonchev–Trinajstić information content (AvgIpc) is 3.35. The Morgan fingerprint density at radius 1 is 1.03 bits per heavy atom. The van der Waals surface area contributed by atoms with Crippen molar-refractivity contribution in [2.24, 2.45) is 0 Å². The van der Waals surface area contributed by atoms with Crippen molar-refractivity contribution in [3.05, 3.63) is 76.3 Å². The third-order valence-electron chi connectivity index (χ3n) is 5.23.